The fourth-order valence-electron chi connectivity index (χ4n) is 11.2. The number of carbonyl (C=O) groups is 2. The molecular weight excluding hydrogens is 653 g/mol. The molecule has 1 N–H and O–H groups in total. The van der Waals surface area contributed by atoms with Crippen LogP contribution in [0.25, 0.3) is 22.8 Å². The molecule has 3 aromatic heterocycles. The molecule has 5 aliphatic rings. The Morgan fingerprint density at radius 1 is 0.923 bits per heavy atom. The molecule has 3 aromatic rings. The zero-order valence-electron chi connectivity index (χ0n) is 31.6. The molecule has 1 amide bonds. The van der Waals surface area contributed by atoms with Gasteiger partial charge in [0.1, 0.15) is 17.8 Å². The Bertz CT molecular complexity index is 1810. The molecule has 7 atom stereocenters. The first-order chi connectivity index (χ1) is 25.2. The van der Waals surface area contributed by atoms with Crippen molar-refractivity contribution in [2.75, 3.05) is 29.9 Å². The van der Waals surface area contributed by atoms with Crippen LogP contribution < -0.4 is 10.2 Å². The van der Waals surface area contributed by atoms with Gasteiger partial charge in [0.25, 0.3) is 0 Å². The van der Waals surface area contributed by atoms with Gasteiger partial charge >= 0.3 is 0 Å². The van der Waals surface area contributed by atoms with Crippen LogP contribution >= 0.6 is 0 Å². The summed E-state index contributed by atoms with van der Waals surface area (Å²) in [5, 5.41) is 7.78. The number of pyridine rings is 1. The number of anilines is 2. The quantitative estimate of drug-likeness (QED) is 0.202. The first-order valence-electron chi connectivity index (χ1n) is 20.1. The maximum atomic E-state index is 12.4. The van der Waals surface area contributed by atoms with Crippen LogP contribution in [0.15, 0.2) is 24.7 Å². The maximum absolute atomic E-state index is 12.4. The summed E-state index contributed by atoms with van der Waals surface area (Å²) < 4.78 is 8.62. The number of likely N-dealkylation sites (N-methyl/N-ethyl adjacent to an activating group) is 1. The summed E-state index contributed by atoms with van der Waals surface area (Å²) in [5.41, 5.74) is 3.76. The highest BCUT2D eigenvalue weighted by Crippen LogP contribution is 2.66. The molecule has 0 bridgehead atoms. The largest absolute Gasteiger partial charge is 0.378 e. The molecule has 8 rings (SSSR count). The Balaban J connectivity index is 0.785. The lowest BCUT2D eigenvalue weighted by molar-refractivity contribution is -0.145. The lowest BCUT2D eigenvalue weighted by Gasteiger charge is -2.60. The highest BCUT2D eigenvalue weighted by atomic mass is 16.5. The summed E-state index contributed by atoms with van der Waals surface area (Å²) in [7, 11) is 0. The molecule has 4 saturated carbocycles. The van der Waals surface area contributed by atoms with E-state index in [0.717, 1.165) is 92.8 Å². The average molecular weight is 709 g/mol. The first-order valence-corrected chi connectivity index (χ1v) is 20.1. The minimum atomic E-state index is -0.0147. The van der Waals surface area contributed by atoms with Crippen LogP contribution in [0.1, 0.15) is 110 Å². The van der Waals surface area contributed by atoms with Gasteiger partial charge in [0.15, 0.2) is 17.5 Å². The van der Waals surface area contributed by atoms with Crippen molar-refractivity contribution in [2.45, 2.75) is 124 Å². The van der Waals surface area contributed by atoms with Crippen LogP contribution in [-0.2, 0) is 20.9 Å². The van der Waals surface area contributed by atoms with Gasteiger partial charge < -0.3 is 10.1 Å². The number of fused-ring (bicyclic) bond motifs is 6. The fraction of sp³-hybridized carbons (Fsp3) is 0.683. The number of hydrogen-bond donors (Lipinski definition) is 1. The number of carbonyl (C=O) groups excluding carboxylic acids is 2. The van der Waals surface area contributed by atoms with Crippen molar-refractivity contribution in [3.05, 3.63) is 30.4 Å². The topological polar surface area (TPSA) is 128 Å². The second-order valence-corrected chi connectivity index (χ2v) is 16.9. The van der Waals surface area contributed by atoms with Gasteiger partial charge in [-0.15, -0.1) is 5.10 Å². The van der Waals surface area contributed by atoms with Crippen molar-refractivity contribution in [2.24, 2.45) is 34.5 Å². The molecular formula is C41H56N8O3. The predicted molar refractivity (Wildman–Crippen MR) is 200 cm³/mol. The van der Waals surface area contributed by atoms with Gasteiger partial charge in [-0.05, 0) is 118 Å². The Hall–Kier alpha value is -3.73. The molecule has 0 unspecified atom stereocenters. The standard InChI is InChI=1S/C41H56N8O3/c1-5-49-36(51)24-43-38-39(49)46-34(23-42-38)29-12-14-33(45-26(29)2)37-44-25-48(47-37)20-8-6-7-9-21-52-35-15-13-31-30-11-10-27-22-28(50)16-18-40(27,3)32(30)17-19-41(31,35)4/h12,14,23,25,27,30-32,35H,5-11,13,15-22,24H2,1-4H3,(H,42,43)/t27-,30-,31-,32-,35-,40-,41-/m0/s1. The number of rotatable bonds is 11. The summed E-state index contributed by atoms with van der Waals surface area (Å²) in [6, 6.07) is 3.90. The number of aryl methyl sites for hydroxylation is 2. The predicted octanol–water partition coefficient (Wildman–Crippen LogP) is 7.44. The van der Waals surface area contributed by atoms with Gasteiger partial charge in [-0.3, -0.25) is 19.2 Å². The van der Waals surface area contributed by atoms with Crippen LogP contribution in [0, 0.1) is 41.4 Å². The van der Waals surface area contributed by atoms with E-state index in [1.54, 1.807) is 17.4 Å². The Morgan fingerprint density at radius 3 is 2.62 bits per heavy atom. The third kappa shape index (κ3) is 6.34. The summed E-state index contributed by atoms with van der Waals surface area (Å²) >= 11 is 0. The molecule has 4 aliphatic carbocycles. The maximum Gasteiger partial charge on any atom is 0.247 e. The zero-order valence-corrected chi connectivity index (χ0v) is 31.6. The highest BCUT2D eigenvalue weighted by molar-refractivity contribution is 6.00. The molecule has 52 heavy (non-hydrogen) atoms. The van der Waals surface area contributed by atoms with Crippen molar-refractivity contribution in [3.63, 3.8) is 0 Å². The molecule has 0 radical (unpaired) electrons. The minimum absolute atomic E-state index is 0.0147. The molecule has 0 saturated heterocycles. The van der Waals surface area contributed by atoms with Crippen molar-refractivity contribution in [1.29, 1.82) is 0 Å². The van der Waals surface area contributed by atoms with E-state index >= 15 is 0 Å². The van der Waals surface area contributed by atoms with Crippen LogP contribution in [-0.4, -0.2) is 67.2 Å². The smallest absolute Gasteiger partial charge is 0.247 e. The number of amides is 1. The molecule has 0 spiro atoms. The third-order valence-electron chi connectivity index (χ3n) is 14.2. The van der Waals surface area contributed by atoms with Crippen molar-refractivity contribution in [3.8, 4) is 22.8 Å². The van der Waals surface area contributed by atoms with E-state index in [9.17, 15) is 9.59 Å². The molecule has 278 valence electrons. The normalized spacial score (nSPS) is 31.1. The second kappa shape index (κ2) is 14.3. The first kappa shape index (κ1) is 35.3. The molecule has 1 aliphatic heterocycles. The van der Waals surface area contributed by atoms with Gasteiger partial charge in [0.05, 0.1) is 24.5 Å². The summed E-state index contributed by atoms with van der Waals surface area (Å²) in [6.45, 7) is 11.4. The number of nitrogens with zero attached hydrogens (tertiary/aromatic N) is 7. The summed E-state index contributed by atoms with van der Waals surface area (Å²) in [4.78, 5) is 44.9. The second-order valence-electron chi connectivity index (χ2n) is 16.9. The van der Waals surface area contributed by atoms with E-state index in [1.807, 2.05) is 30.7 Å². The van der Waals surface area contributed by atoms with Gasteiger partial charge in [-0.25, -0.2) is 19.9 Å². The van der Waals surface area contributed by atoms with Gasteiger partial charge in [-0.1, -0.05) is 26.7 Å². The van der Waals surface area contributed by atoms with E-state index < -0.39 is 0 Å². The number of nitrogens with one attached hydrogen (secondary N) is 1. The Morgan fingerprint density at radius 2 is 1.77 bits per heavy atom. The number of Topliss-reactive ketones (excluding diaryl/α,β-unsaturated/α-hetero) is 1. The lowest BCUT2D eigenvalue weighted by atomic mass is 9.45. The van der Waals surface area contributed by atoms with E-state index in [4.69, 9.17) is 19.8 Å². The fourth-order valence-corrected chi connectivity index (χ4v) is 11.2. The van der Waals surface area contributed by atoms with E-state index in [-0.39, 0.29) is 12.5 Å². The molecule has 4 heterocycles. The molecule has 11 heteroatoms. The number of ketones is 1. The summed E-state index contributed by atoms with van der Waals surface area (Å²) in [5.74, 6) is 5.33. The molecule has 4 fully saturated rings. The summed E-state index contributed by atoms with van der Waals surface area (Å²) in [6.07, 6.45) is 18.9. The van der Waals surface area contributed by atoms with E-state index in [2.05, 4.69) is 29.1 Å². The number of unbranched alkanes of at least 4 members (excludes halogenated alkanes) is 3. The van der Waals surface area contributed by atoms with Gasteiger partial charge in [0, 0.05) is 43.8 Å². The lowest BCUT2D eigenvalue weighted by Crippen LogP contribution is -2.54. The van der Waals surface area contributed by atoms with E-state index in [0.29, 0.717) is 58.3 Å². The van der Waals surface area contributed by atoms with Crippen molar-refractivity contribution < 1.29 is 14.3 Å². The van der Waals surface area contributed by atoms with Crippen molar-refractivity contribution in [1.82, 2.24) is 29.7 Å². The Labute approximate surface area is 308 Å². The number of hydrogen-bond acceptors (Lipinski definition) is 9. The zero-order chi connectivity index (χ0) is 36.0. The van der Waals surface area contributed by atoms with E-state index in [1.165, 1.54) is 38.5 Å². The number of ether oxygens (including phenoxy) is 1. The third-order valence-corrected chi connectivity index (χ3v) is 14.2. The number of aromatic nitrogens is 6. The van der Waals surface area contributed by atoms with Crippen LogP contribution in [0.3, 0.4) is 0 Å². The Kier molecular flexibility index (Phi) is 9.68. The highest BCUT2D eigenvalue weighted by Gasteiger charge is 2.60. The van der Waals surface area contributed by atoms with Crippen LogP contribution in [0.4, 0.5) is 11.6 Å². The SMILES string of the molecule is CCN1C(=O)CNc2ncc(-c3ccc(-c4ncn(CCCCCCO[C@H]5CC[C@H]6[C@@H]7CC[C@H]8CC(=O)CC[C@]8(C)[C@H]7CC[C@]56C)n4)nc3C)nc21. The average Bonchev–Trinajstić information content (AvgIpc) is 3.75. The van der Waals surface area contributed by atoms with Crippen molar-refractivity contribution >= 4 is 23.3 Å². The van der Waals surface area contributed by atoms with Gasteiger partial charge in [0.2, 0.25) is 5.91 Å². The minimum Gasteiger partial charge on any atom is -0.378 e. The van der Waals surface area contributed by atoms with Crippen LogP contribution in [0.5, 0.6) is 0 Å². The van der Waals surface area contributed by atoms with Gasteiger partial charge in [-0.2, -0.15) is 0 Å². The monoisotopic (exact) mass is 708 g/mol. The molecule has 11 nitrogen and oxygen atoms in total. The molecule has 0 aromatic carbocycles. The van der Waals surface area contributed by atoms with Crippen LogP contribution in [0.2, 0.25) is 0 Å².